The average molecular weight is 374 g/mol. The zero-order chi connectivity index (χ0) is 17.4. The van der Waals surface area contributed by atoms with E-state index in [2.05, 4.69) is 33.0 Å². The van der Waals surface area contributed by atoms with Gasteiger partial charge in [-0.1, -0.05) is 22.8 Å². The molecule has 0 aliphatic carbocycles. The van der Waals surface area contributed by atoms with E-state index in [1.54, 1.807) is 24.7 Å². The lowest BCUT2D eigenvalue weighted by Crippen LogP contribution is -2.05. The maximum Gasteiger partial charge on any atom is 0.258 e. The number of halogens is 1. The van der Waals surface area contributed by atoms with Crippen molar-refractivity contribution in [1.29, 1.82) is 0 Å². The number of benzene rings is 1. The van der Waals surface area contributed by atoms with E-state index in [9.17, 15) is 0 Å². The molecule has 0 fully saturated rings. The molecule has 7 nitrogen and oxygen atoms in total. The Bertz CT molecular complexity index is 1010. The Morgan fingerprint density at radius 1 is 1.20 bits per heavy atom. The molecular formula is C16H12ClN5O2S. The molecule has 3 aromatic heterocycles. The first kappa shape index (κ1) is 15.9. The minimum absolute atomic E-state index is 0.369. The van der Waals surface area contributed by atoms with Crippen LogP contribution in [0.4, 0.5) is 0 Å². The van der Waals surface area contributed by atoms with Gasteiger partial charge in [0.15, 0.2) is 17.5 Å². The van der Waals surface area contributed by atoms with Gasteiger partial charge in [-0.05, 0) is 24.3 Å². The molecule has 0 amide bonds. The van der Waals surface area contributed by atoms with Crippen LogP contribution in [0.3, 0.4) is 0 Å². The summed E-state index contributed by atoms with van der Waals surface area (Å²) in [6, 6.07) is 9.01. The molecule has 0 aliphatic rings. The van der Waals surface area contributed by atoms with Crippen LogP contribution >= 0.6 is 24.2 Å². The van der Waals surface area contributed by atoms with E-state index < -0.39 is 5.25 Å². The SMILES string of the molecule is Cn1c(-c2ccoc2)nnc1C(S)c1noc(-c2cccc(Cl)c2)n1. The number of hydrogen-bond donors (Lipinski definition) is 1. The molecule has 0 N–H and O–H groups in total. The standard InChI is InChI=1S/C16H12ClN5O2S/c1-22-14(10-5-6-23-8-10)19-20-15(22)12(25)13-18-16(24-21-13)9-3-2-4-11(17)7-9/h2-8,12,25H,1H3. The normalized spacial score (nSPS) is 12.4. The first-order valence-electron chi connectivity index (χ1n) is 7.33. The summed E-state index contributed by atoms with van der Waals surface area (Å²) in [7, 11) is 1.85. The fraction of sp³-hybridized carbons (Fsp3) is 0.125. The number of aromatic nitrogens is 5. The van der Waals surface area contributed by atoms with Gasteiger partial charge in [0, 0.05) is 17.6 Å². The van der Waals surface area contributed by atoms with Crippen LogP contribution in [-0.4, -0.2) is 24.9 Å². The Morgan fingerprint density at radius 2 is 2.08 bits per heavy atom. The van der Waals surface area contributed by atoms with Crippen molar-refractivity contribution in [3.05, 3.63) is 59.5 Å². The van der Waals surface area contributed by atoms with E-state index in [0.717, 1.165) is 11.1 Å². The fourth-order valence-electron chi connectivity index (χ4n) is 2.42. The zero-order valence-electron chi connectivity index (χ0n) is 13.0. The summed E-state index contributed by atoms with van der Waals surface area (Å²) in [6.07, 6.45) is 3.19. The molecule has 0 bridgehead atoms. The van der Waals surface area contributed by atoms with Crippen LogP contribution in [0.15, 0.2) is 51.8 Å². The molecule has 1 atom stereocenters. The predicted molar refractivity (Wildman–Crippen MR) is 94.3 cm³/mol. The second-order valence-corrected chi connectivity index (χ2v) is 6.28. The van der Waals surface area contributed by atoms with Crippen LogP contribution in [0.25, 0.3) is 22.8 Å². The lowest BCUT2D eigenvalue weighted by Gasteiger charge is -2.06. The number of rotatable bonds is 4. The molecule has 25 heavy (non-hydrogen) atoms. The van der Waals surface area contributed by atoms with Gasteiger partial charge in [0.25, 0.3) is 5.89 Å². The second-order valence-electron chi connectivity index (χ2n) is 5.32. The highest BCUT2D eigenvalue weighted by Gasteiger charge is 2.24. The Morgan fingerprint density at radius 3 is 2.84 bits per heavy atom. The quantitative estimate of drug-likeness (QED) is 0.548. The van der Waals surface area contributed by atoms with E-state index >= 15 is 0 Å². The Balaban J connectivity index is 1.65. The van der Waals surface area contributed by atoms with Crippen LogP contribution in [0.2, 0.25) is 5.02 Å². The van der Waals surface area contributed by atoms with Gasteiger partial charge in [-0.2, -0.15) is 17.6 Å². The molecule has 0 saturated carbocycles. The monoisotopic (exact) mass is 373 g/mol. The van der Waals surface area contributed by atoms with Gasteiger partial charge < -0.3 is 13.5 Å². The number of furan rings is 1. The predicted octanol–water partition coefficient (Wildman–Crippen LogP) is 3.80. The summed E-state index contributed by atoms with van der Waals surface area (Å²) < 4.78 is 12.2. The first-order valence-corrected chi connectivity index (χ1v) is 8.22. The van der Waals surface area contributed by atoms with Gasteiger partial charge in [-0.3, -0.25) is 0 Å². The van der Waals surface area contributed by atoms with Gasteiger partial charge in [0.2, 0.25) is 0 Å². The molecule has 0 radical (unpaired) electrons. The topological polar surface area (TPSA) is 82.8 Å². The van der Waals surface area contributed by atoms with Gasteiger partial charge >= 0.3 is 0 Å². The minimum Gasteiger partial charge on any atom is -0.472 e. The van der Waals surface area contributed by atoms with Crippen molar-refractivity contribution in [2.24, 2.45) is 7.05 Å². The van der Waals surface area contributed by atoms with Gasteiger partial charge in [0.05, 0.1) is 11.8 Å². The van der Waals surface area contributed by atoms with Gasteiger partial charge in [0.1, 0.15) is 11.5 Å². The van der Waals surface area contributed by atoms with Crippen LogP contribution in [-0.2, 0) is 7.05 Å². The maximum absolute atomic E-state index is 6.00. The van der Waals surface area contributed by atoms with Crippen LogP contribution < -0.4 is 0 Å². The highest BCUT2D eigenvalue weighted by Crippen LogP contribution is 2.29. The van der Waals surface area contributed by atoms with Crippen LogP contribution in [0.1, 0.15) is 16.9 Å². The molecule has 9 heteroatoms. The van der Waals surface area contributed by atoms with E-state index in [0.29, 0.717) is 28.4 Å². The fourth-order valence-corrected chi connectivity index (χ4v) is 2.94. The molecule has 1 aromatic carbocycles. The van der Waals surface area contributed by atoms with Crippen LogP contribution in [0.5, 0.6) is 0 Å². The molecule has 3 heterocycles. The molecular weight excluding hydrogens is 362 g/mol. The summed E-state index contributed by atoms with van der Waals surface area (Å²) >= 11 is 10.6. The molecule has 1 unspecified atom stereocenters. The van der Waals surface area contributed by atoms with Crippen molar-refractivity contribution in [3.8, 4) is 22.8 Å². The smallest absolute Gasteiger partial charge is 0.258 e. The van der Waals surface area contributed by atoms with Crippen molar-refractivity contribution in [2.75, 3.05) is 0 Å². The zero-order valence-corrected chi connectivity index (χ0v) is 14.6. The summed E-state index contributed by atoms with van der Waals surface area (Å²) in [5, 5.41) is 12.5. The molecule has 0 spiro atoms. The lowest BCUT2D eigenvalue weighted by molar-refractivity contribution is 0.423. The van der Waals surface area contributed by atoms with E-state index in [1.807, 2.05) is 29.8 Å². The number of nitrogens with zero attached hydrogens (tertiary/aromatic N) is 5. The largest absolute Gasteiger partial charge is 0.472 e. The third-order valence-electron chi connectivity index (χ3n) is 3.69. The maximum atomic E-state index is 6.00. The van der Waals surface area contributed by atoms with Crippen molar-refractivity contribution in [3.63, 3.8) is 0 Å². The third-order valence-corrected chi connectivity index (χ3v) is 4.39. The average Bonchev–Trinajstić information content (AvgIpc) is 3.35. The Labute approximate surface area is 153 Å². The number of thiol groups is 1. The minimum atomic E-state index is -0.491. The van der Waals surface area contributed by atoms with E-state index in [4.69, 9.17) is 20.5 Å². The Kier molecular flexibility index (Phi) is 4.06. The second kappa shape index (κ2) is 6.38. The highest BCUT2D eigenvalue weighted by atomic mass is 35.5. The Hall–Kier alpha value is -2.58. The number of hydrogen-bond acceptors (Lipinski definition) is 7. The summed E-state index contributed by atoms with van der Waals surface area (Å²) in [5.41, 5.74) is 1.57. The van der Waals surface area contributed by atoms with Crippen molar-refractivity contribution in [1.82, 2.24) is 24.9 Å². The van der Waals surface area contributed by atoms with Crippen molar-refractivity contribution in [2.45, 2.75) is 5.25 Å². The van der Waals surface area contributed by atoms with E-state index in [-0.39, 0.29) is 0 Å². The highest BCUT2D eigenvalue weighted by molar-refractivity contribution is 7.80. The summed E-state index contributed by atoms with van der Waals surface area (Å²) in [6.45, 7) is 0. The third kappa shape index (κ3) is 2.94. The molecule has 0 aliphatic heterocycles. The van der Waals surface area contributed by atoms with Crippen molar-refractivity contribution < 1.29 is 8.94 Å². The molecule has 0 saturated heterocycles. The van der Waals surface area contributed by atoms with E-state index in [1.165, 1.54) is 0 Å². The summed E-state index contributed by atoms with van der Waals surface area (Å²) in [5.74, 6) is 2.03. The van der Waals surface area contributed by atoms with Gasteiger partial charge in [-0.15, -0.1) is 10.2 Å². The molecule has 4 rings (SSSR count). The first-order chi connectivity index (χ1) is 12.1. The van der Waals surface area contributed by atoms with Crippen LogP contribution in [0, 0.1) is 0 Å². The lowest BCUT2D eigenvalue weighted by atomic mass is 10.2. The summed E-state index contributed by atoms with van der Waals surface area (Å²) in [4.78, 5) is 4.40. The van der Waals surface area contributed by atoms with Crippen molar-refractivity contribution >= 4 is 24.2 Å². The van der Waals surface area contributed by atoms with Gasteiger partial charge in [-0.25, -0.2) is 0 Å². The molecule has 4 aromatic rings. The molecule has 126 valence electrons.